The Morgan fingerprint density at radius 3 is 2.39 bits per heavy atom. The fourth-order valence-corrected chi connectivity index (χ4v) is 1.63. The van der Waals surface area contributed by atoms with Crippen LogP contribution >= 0.6 is 0 Å². The van der Waals surface area contributed by atoms with E-state index < -0.39 is 0 Å². The van der Waals surface area contributed by atoms with Crippen LogP contribution in [0, 0.1) is 0 Å². The fraction of sp³-hybridized carbons (Fsp3) is 0.667. The highest BCUT2D eigenvalue weighted by molar-refractivity contribution is 5.41. The van der Waals surface area contributed by atoms with Crippen molar-refractivity contribution in [2.45, 2.75) is 65.1 Å². The summed E-state index contributed by atoms with van der Waals surface area (Å²) in [6.07, 6.45) is 4.59. The maximum Gasteiger partial charge on any atom is 0.179 e. The van der Waals surface area contributed by atoms with Crippen LogP contribution in [0.3, 0.4) is 0 Å². The summed E-state index contributed by atoms with van der Waals surface area (Å²) in [4.78, 5) is 4.49. The molecule has 1 aliphatic carbocycles. The molecule has 1 fully saturated rings. The van der Waals surface area contributed by atoms with E-state index in [0.717, 1.165) is 30.0 Å². The van der Waals surface area contributed by atoms with Crippen LogP contribution in [0.25, 0.3) is 0 Å². The van der Waals surface area contributed by atoms with Crippen molar-refractivity contribution in [1.29, 1.82) is 0 Å². The third-order valence-corrected chi connectivity index (χ3v) is 2.78. The molecule has 0 aromatic carbocycles. The van der Waals surface area contributed by atoms with Crippen LogP contribution in [0.15, 0.2) is 12.3 Å². The van der Waals surface area contributed by atoms with Gasteiger partial charge in [-0.3, -0.25) is 4.98 Å². The molecular formula is C15H23NO2. The van der Waals surface area contributed by atoms with Gasteiger partial charge in [0.25, 0.3) is 0 Å². The zero-order valence-corrected chi connectivity index (χ0v) is 12.0. The third-order valence-electron chi connectivity index (χ3n) is 2.78. The molecule has 0 spiro atoms. The van der Waals surface area contributed by atoms with Crippen molar-refractivity contribution in [2.24, 2.45) is 0 Å². The highest BCUT2D eigenvalue weighted by atomic mass is 16.5. The molecule has 1 heterocycles. The Hall–Kier alpha value is -1.25. The van der Waals surface area contributed by atoms with E-state index in [2.05, 4.69) is 25.8 Å². The zero-order chi connectivity index (χ0) is 13.3. The molecule has 100 valence electrons. The Labute approximate surface area is 110 Å². The van der Waals surface area contributed by atoms with Gasteiger partial charge in [0.2, 0.25) is 0 Å². The van der Waals surface area contributed by atoms with E-state index in [1.165, 1.54) is 0 Å². The molecule has 1 saturated carbocycles. The van der Waals surface area contributed by atoms with Crippen LogP contribution in [0.1, 0.15) is 53.2 Å². The molecule has 0 saturated heterocycles. The Kier molecular flexibility index (Phi) is 3.51. The Morgan fingerprint density at radius 2 is 1.89 bits per heavy atom. The lowest BCUT2D eigenvalue weighted by Gasteiger charge is -2.21. The van der Waals surface area contributed by atoms with Gasteiger partial charge in [-0.15, -0.1) is 0 Å². The molecule has 18 heavy (non-hydrogen) atoms. The Morgan fingerprint density at radius 1 is 1.22 bits per heavy atom. The predicted molar refractivity (Wildman–Crippen MR) is 72.4 cm³/mol. The SMILES string of the molecule is CC(C)Oc1cnc(C(C)(C)C)cc1OC1CC1. The van der Waals surface area contributed by atoms with E-state index in [-0.39, 0.29) is 11.5 Å². The van der Waals surface area contributed by atoms with Crippen LogP contribution < -0.4 is 9.47 Å². The smallest absolute Gasteiger partial charge is 0.179 e. The molecule has 0 radical (unpaired) electrons. The number of ether oxygens (including phenoxy) is 2. The van der Waals surface area contributed by atoms with E-state index in [4.69, 9.17) is 9.47 Å². The van der Waals surface area contributed by atoms with Gasteiger partial charge in [-0.25, -0.2) is 0 Å². The monoisotopic (exact) mass is 249 g/mol. The average molecular weight is 249 g/mol. The first kappa shape index (κ1) is 13.2. The fourth-order valence-electron chi connectivity index (χ4n) is 1.63. The quantitative estimate of drug-likeness (QED) is 0.815. The summed E-state index contributed by atoms with van der Waals surface area (Å²) in [7, 11) is 0. The second-order valence-electron chi connectivity index (χ2n) is 6.25. The normalized spacial score (nSPS) is 15.9. The minimum absolute atomic E-state index is 0.0258. The van der Waals surface area contributed by atoms with Crippen molar-refractivity contribution in [3.05, 3.63) is 18.0 Å². The molecule has 0 unspecified atom stereocenters. The van der Waals surface area contributed by atoms with E-state index in [9.17, 15) is 0 Å². The van der Waals surface area contributed by atoms with E-state index in [1.807, 2.05) is 19.9 Å². The van der Waals surface area contributed by atoms with Gasteiger partial charge < -0.3 is 9.47 Å². The summed E-state index contributed by atoms with van der Waals surface area (Å²) in [5, 5.41) is 0. The van der Waals surface area contributed by atoms with Crippen LogP contribution in [0.5, 0.6) is 11.5 Å². The van der Waals surface area contributed by atoms with Gasteiger partial charge in [-0.1, -0.05) is 20.8 Å². The van der Waals surface area contributed by atoms with Crippen LogP contribution in [0.2, 0.25) is 0 Å². The molecule has 0 amide bonds. The minimum Gasteiger partial charge on any atom is -0.486 e. The van der Waals surface area contributed by atoms with Gasteiger partial charge in [-0.2, -0.15) is 0 Å². The minimum atomic E-state index is 0.0258. The molecular weight excluding hydrogens is 226 g/mol. The van der Waals surface area contributed by atoms with E-state index >= 15 is 0 Å². The lowest BCUT2D eigenvalue weighted by Crippen LogP contribution is -2.15. The topological polar surface area (TPSA) is 31.4 Å². The second kappa shape index (κ2) is 4.79. The molecule has 1 aromatic heterocycles. The molecule has 2 rings (SSSR count). The first-order chi connectivity index (χ1) is 8.36. The molecule has 1 aromatic rings. The number of nitrogens with zero attached hydrogens (tertiary/aromatic N) is 1. The summed E-state index contributed by atoms with van der Waals surface area (Å²) < 4.78 is 11.7. The molecule has 0 bridgehead atoms. The van der Waals surface area contributed by atoms with Gasteiger partial charge >= 0.3 is 0 Å². The van der Waals surface area contributed by atoms with Crippen molar-refractivity contribution in [2.75, 3.05) is 0 Å². The average Bonchev–Trinajstić information content (AvgIpc) is 3.02. The van der Waals surface area contributed by atoms with Gasteiger partial charge in [0.15, 0.2) is 11.5 Å². The molecule has 3 heteroatoms. The van der Waals surface area contributed by atoms with Crippen molar-refractivity contribution >= 4 is 0 Å². The predicted octanol–water partition coefficient (Wildman–Crippen LogP) is 3.71. The number of hydrogen-bond acceptors (Lipinski definition) is 3. The maximum atomic E-state index is 5.93. The molecule has 1 aliphatic rings. The maximum absolute atomic E-state index is 5.93. The first-order valence-corrected chi connectivity index (χ1v) is 6.70. The van der Waals surface area contributed by atoms with Crippen molar-refractivity contribution in [1.82, 2.24) is 4.98 Å². The summed E-state index contributed by atoms with van der Waals surface area (Å²) in [5.74, 6) is 1.59. The molecule has 3 nitrogen and oxygen atoms in total. The number of hydrogen-bond donors (Lipinski definition) is 0. The van der Waals surface area contributed by atoms with Crippen LogP contribution in [-0.4, -0.2) is 17.2 Å². The lowest BCUT2D eigenvalue weighted by molar-refractivity contribution is 0.216. The van der Waals surface area contributed by atoms with Gasteiger partial charge in [-0.05, 0) is 26.7 Å². The van der Waals surface area contributed by atoms with Crippen LogP contribution in [0.4, 0.5) is 0 Å². The highest BCUT2D eigenvalue weighted by Crippen LogP contribution is 2.36. The molecule has 0 atom stereocenters. The Bertz CT molecular complexity index is 417. The number of aromatic nitrogens is 1. The van der Waals surface area contributed by atoms with Gasteiger partial charge in [0, 0.05) is 17.2 Å². The van der Waals surface area contributed by atoms with Crippen LogP contribution in [-0.2, 0) is 5.41 Å². The zero-order valence-electron chi connectivity index (χ0n) is 12.0. The first-order valence-electron chi connectivity index (χ1n) is 6.70. The lowest BCUT2D eigenvalue weighted by atomic mass is 9.91. The highest BCUT2D eigenvalue weighted by Gasteiger charge is 2.26. The Balaban J connectivity index is 2.28. The van der Waals surface area contributed by atoms with E-state index in [1.54, 1.807) is 6.20 Å². The van der Waals surface area contributed by atoms with Crippen molar-refractivity contribution < 1.29 is 9.47 Å². The summed E-state index contributed by atoms with van der Waals surface area (Å²) >= 11 is 0. The second-order valence-corrected chi connectivity index (χ2v) is 6.25. The summed E-state index contributed by atoms with van der Waals surface area (Å²) in [5.41, 5.74) is 1.06. The van der Waals surface area contributed by atoms with Gasteiger partial charge in [0.1, 0.15) is 0 Å². The molecule has 0 aliphatic heterocycles. The number of rotatable bonds is 4. The number of pyridine rings is 1. The van der Waals surface area contributed by atoms with Crippen molar-refractivity contribution in [3.63, 3.8) is 0 Å². The van der Waals surface area contributed by atoms with Gasteiger partial charge in [0.05, 0.1) is 18.4 Å². The standard InChI is InChI=1S/C15H23NO2/c1-10(2)17-13-9-16-14(15(3,4)5)8-12(13)18-11-6-7-11/h8-11H,6-7H2,1-5H3. The third kappa shape index (κ3) is 3.37. The summed E-state index contributed by atoms with van der Waals surface area (Å²) in [6.45, 7) is 10.5. The van der Waals surface area contributed by atoms with Crippen molar-refractivity contribution in [3.8, 4) is 11.5 Å². The summed E-state index contributed by atoms with van der Waals surface area (Å²) in [6, 6.07) is 2.02. The van der Waals surface area contributed by atoms with E-state index in [0.29, 0.717) is 6.10 Å². The largest absolute Gasteiger partial charge is 0.486 e. The molecule has 0 N–H and O–H groups in total.